The van der Waals surface area contributed by atoms with E-state index in [4.69, 9.17) is 5.11 Å². The van der Waals surface area contributed by atoms with E-state index in [2.05, 4.69) is 15.3 Å². The first kappa shape index (κ1) is 8.00. The van der Waals surface area contributed by atoms with Crippen molar-refractivity contribution < 1.29 is 14.7 Å². The third-order valence-electron chi connectivity index (χ3n) is 1.51. The summed E-state index contributed by atoms with van der Waals surface area (Å²) < 4.78 is 0. The minimum absolute atomic E-state index is 0.434. The normalized spacial score (nSPS) is 27.4. The van der Waals surface area contributed by atoms with Crippen molar-refractivity contribution in [2.24, 2.45) is 5.16 Å². The minimum Gasteiger partial charge on any atom is -0.480 e. The van der Waals surface area contributed by atoms with E-state index in [-0.39, 0.29) is 0 Å². The highest BCUT2D eigenvalue weighted by atomic mass is 16.6. The van der Waals surface area contributed by atoms with Crippen LogP contribution in [-0.4, -0.2) is 36.5 Å². The molecular formula is C6H10N2O3. The van der Waals surface area contributed by atoms with Gasteiger partial charge < -0.3 is 9.94 Å². The molecule has 0 spiro atoms. The molecule has 0 amide bonds. The van der Waals surface area contributed by atoms with E-state index in [9.17, 15) is 4.79 Å². The second kappa shape index (κ2) is 3.34. The van der Waals surface area contributed by atoms with E-state index in [0.717, 1.165) is 5.71 Å². The van der Waals surface area contributed by atoms with E-state index < -0.39 is 12.0 Å². The average molecular weight is 158 g/mol. The topological polar surface area (TPSA) is 70.9 Å². The largest absolute Gasteiger partial charge is 0.480 e. The molecule has 0 unspecified atom stereocenters. The van der Waals surface area contributed by atoms with Gasteiger partial charge in [-0.3, -0.25) is 10.1 Å². The van der Waals surface area contributed by atoms with Crippen molar-refractivity contribution in [2.45, 2.75) is 12.5 Å². The van der Waals surface area contributed by atoms with Gasteiger partial charge in [0.15, 0.2) is 0 Å². The summed E-state index contributed by atoms with van der Waals surface area (Å²) in [5.41, 5.74) is 0.750. The number of rotatable bonds is 2. The zero-order valence-corrected chi connectivity index (χ0v) is 6.20. The number of hydrogen-bond acceptors (Lipinski definition) is 4. The van der Waals surface area contributed by atoms with E-state index in [0.29, 0.717) is 13.0 Å². The van der Waals surface area contributed by atoms with Gasteiger partial charge in [-0.2, -0.15) is 0 Å². The molecule has 62 valence electrons. The van der Waals surface area contributed by atoms with Crippen molar-refractivity contribution in [1.29, 1.82) is 0 Å². The van der Waals surface area contributed by atoms with Crippen molar-refractivity contribution in [3.05, 3.63) is 0 Å². The first-order chi connectivity index (χ1) is 5.24. The van der Waals surface area contributed by atoms with Crippen LogP contribution < -0.4 is 5.32 Å². The maximum absolute atomic E-state index is 10.4. The Balaban J connectivity index is 2.47. The summed E-state index contributed by atoms with van der Waals surface area (Å²) in [6, 6.07) is -0.496. The molecule has 0 aliphatic carbocycles. The van der Waals surface area contributed by atoms with Gasteiger partial charge in [0.25, 0.3) is 0 Å². The summed E-state index contributed by atoms with van der Waals surface area (Å²) in [5, 5.41) is 15.0. The maximum atomic E-state index is 10.4. The molecule has 0 bridgehead atoms. The molecule has 1 saturated heterocycles. The molecule has 5 nitrogen and oxygen atoms in total. The quantitative estimate of drug-likeness (QED) is 0.528. The summed E-state index contributed by atoms with van der Waals surface area (Å²) in [6.45, 7) is 0.505. The number of nitrogens with one attached hydrogen (secondary N) is 1. The number of oxime groups is 1. The summed E-state index contributed by atoms with van der Waals surface area (Å²) >= 11 is 0. The van der Waals surface area contributed by atoms with Crippen LogP contribution in [-0.2, 0) is 9.63 Å². The lowest BCUT2D eigenvalue weighted by molar-refractivity contribution is -0.138. The van der Waals surface area contributed by atoms with Gasteiger partial charge in [-0.1, -0.05) is 5.16 Å². The maximum Gasteiger partial charge on any atom is 0.321 e. The Morgan fingerprint density at radius 3 is 3.09 bits per heavy atom. The van der Waals surface area contributed by atoms with Gasteiger partial charge in [0.1, 0.15) is 13.2 Å². The van der Waals surface area contributed by atoms with E-state index >= 15 is 0 Å². The number of hydrogen-bond donors (Lipinski definition) is 2. The van der Waals surface area contributed by atoms with Gasteiger partial charge in [0.05, 0.1) is 5.71 Å². The van der Waals surface area contributed by atoms with Crippen LogP contribution in [0.25, 0.3) is 0 Å². The first-order valence-electron chi connectivity index (χ1n) is 3.29. The average Bonchev–Trinajstić information content (AvgIpc) is 2.37. The zero-order chi connectivity index (χ0) is 8.27. The van der Waals surface area contributed by atoms with Crippen LogP contribution in [0.5, 0.6) is 0 Å². The number of carboxylic acid groups (broad SMARTS) is 1. The monoisotopic (exact) mass is 158 g/mol. The third-order valence-corrected chi connectivity index (χ3v) is 1.51. The molecule has 2 N–H and O–H groups in total. The van der Waals surface area contributed by atoms with Gasteiger partial charge in [-0.25, -0.2) is 0 Å². The lowest BCUT2D eigenvalue weighted by Crippen LogP contribution is -2.29. The van der Waals surface area contributed by atoms with Crippen LogP contribution in [0, 0.1) is 0 Å². The molecule has 5 heteroatoms. The van der Waals surface area contributed by atoms with E-state index in [1.165, 1.54) is 7.11 Å². The highest BCUT2D eigenvalue weighted by molar-refractivity contribution is 5.94. The Morgan fingerprint density at radius 1 is 1.91 bits per heavy atom. The van der Waals surface area contributed by atoms with Gasteiger partial charge in [-0.05, 0) is 0 Å². The van der Waals surface area contributed by atoms with Crippen LogP contribution in [0.15, 0.2) is 5.16 Å². The van der Waals surface area contributed by atoms with Crippen LogP contribution in [0.1, 0.15) is 6.42 Å². The molecule has 1 rings (SSSR count). The fourth-order valence-electron chi connectivity index (χ4n) is 0.994. The summed E-state index contributed by atoms with van der Waals surface area (Å²) in [4.78, 5) is 14.9. The molecule has 1 aliphatic rings. The molecule has 0 aromatic carbocycles. The van der Waals surface area contributed by atoms with Crippen LogP contribution in [0.3, 0.4) is 0 Å². The molecule has 1 atom stereocenters. The van der Waals surface area contributed by atoms with Crippen molar-refractivity contribution in [3.63, 3.8) is 0 Å². The molecule has 0 saturated carbocycles. The Hall–Kier alpha value is -1.10. The predicted molar refractivity (Wildman–Crippen MR) is 38.5 cm³/mol. The third kappa shape index (κ3) is 1.91. The Bertz CT molecular complexity index is 190. The van der Waals surface area contributed by atoms with Crippen molar-refractivity contribution in [2.75, 3.05) is 13.7 Å². The van der Waals surface area contributed by atoms with Gasteiger partial charge in [-0.15, -0.1) is 0 Å². The molecule has 1 aliphatic heterocycles. The van der Waals surface area contributed by atoms with Gasteiger partial charge >= 0.3 is 5.97 Å². The number of carbonyl (C=O) groups is 1. The van der Waals surface area contributed by atoms with E-state index in [1.54, 1.807) is 0 Å². The van der Waals surface area contributed by atoms with E-state index in [1.807, 2.05) is 0 Å². The minimum atomic E-state index is -0.841. The Morgan fingerprint density at radius 2 is 2.64 bits per heavy atom. The second-order valence-electron chi connectivity index (χ2n) is 2.32. The van der Waals surface area contributed by atoms with Gasteiger partial charge in [0.2, 0.25) is 0 Å². The number of carboxylic acids is 1. The van der Waals surface area contributed by atoms with Crippen molar-refractivity contribution >= 4 is 11.7 Å². The second-order valence-corrected chi connectivity index (χ2v) is 2.32. The smallest absolute Gasteiger partial charge is 0.321 e. The predicted octanol–water partition coefficient (Wildman–Crippen LogP) is -0.565. The molecule has 1 fully saturated rings. The summed E-state index contributed by atoms with van der Waals surface area (Å²) in [7, 11) is 1.45. The lowest BCUT2D eigenvalue weighted by Gasteiger charge is -1.98. The molecule has 0 radical (unpaired) electrons. The van der Waals surface area contributed by atoms with Crippen molar-refractivity contribution in [1.82, 2.24) is 5.32 Å². The first-order valence-corrected chi connectivity index (χ1v) is 3.29. The lowest BCUT2D eigenvalue weighted by atomic mass is 10.2. The molecule has 1 heterocycles. The molecule has 0 aromatic heterocycles. The molecule has 11 heavy (non-hydrogen) atoms. The fourth-order valence-corrected chi connectivity index (χ4v) is 0.994. The zero-order valence-electron chi connectivity index (χ0n) is 6.20. The Kier molecular flexibility index (Phi) is 2.43. The molecular weight excluding hydrogens is 148 g/mol. The fraction of sp³-hybridized carbons (Fsp3) is 0.667. The highest BCUT2D eigenvalue weighted by Gasteiger charge is 2.26. The van der Waals surface area contributed by atoms with Gasteiger partial charge in [0, 0.05) is 13.0 Å². The van der Waals surface area contributed by atoms with Crippen molar-refractivity contribution in [3.8, 4) is 0 Å². The number of nitrogens with zero attached hydrogens (tertiary/aromatic N) is 1. The summed E-state index contributed by atoms with van der Waals surface area (Å²) in [6.07, 6.45) is 0.434. The summed E-state index contributed by atoms with van der Waals surface area (Å²) in [5.74, 6) is -0.841. The Labute approximate surface area is 64.0 Å². The standard InChI is InChI=1S/C6H10N2O3/c1-11-8-4-2-5(6(9)10)7-3-4/h5,7H,2-3H2,1H3,(H,9,10)/t5-/m0/s1. The highest BCUT2D eigenvalue weighted by Crippen LogP contribution is 2.03. The SMILES string of the molecule is CON=C1CN[C@H](C(=O)O)C1. The number of aliphatic carboxylic acids is 1. The van der Waals surface area contributed by atoms with Crippen LogP contribution in [0.4, 0.5) is 0 Å². The van der Waals surface area contributed by atoms with Crippen LogP contribution >= 0.6 is 0 Å². The van der Waals surface area contributed by atoms with Crippen LogP contribution in [0.2, 0.25) is 0 Å². The molecule has 0 aromatic rings.